The molecule has 7 nitrogen and oxygen atoms in total. The minimum absolute atomic E-state index is 0.0542. The van der Waals surface area contributed by atoms with Crippen molar-refractivity contribution in [3.63, 3.8) is 0 Å². The van der Waals surface area contributed by atoms with Crippen LogP contribution in [-0.2, 0) is 14.1 Å². The van der Waals surface area contributed by atoms with Crippen molar-refractivity contribution in [1.29, 1.82) is 0 Å². The van der Waals surface area contributed by atoms with Crippen molar-refractivity contribution in [2.24, 2.45) is 14.1 Å². The summed E-state index contributed by atoms with van der Waals surface area (Å²) in [6.45, 7) is 2.06. The fraction of sp³-hybridized carbons (Fsp3) is 0.160. The van der Waals surface area contributed by atoms with Gasteiger partial charge < -0.3 is 9.72 Å². The van der Waals surface area contributed by atoms with E-state index in [0.29, 0.717) is 11.7 Å². The van der Waals surface area contributed by atoms with Crippen LogP contribution in [0, 0.1) is 6.92 Å². The number of methoxy groups -OCH3 is 1. The maximum Gasteiger partial charge on any atom is 0.328 e. The lowest BCUT2D eigenvalue weighted by Crippen LogP contribution is -2.19. The van der Waals surface area contributed by atoms with Gasteiger partial charge in [-0.3, -0.25) is 9.13 Å². The predicted octanol–water partition coefficient (Wildman–Crippen LogP) is 4.31. The number of hydrogen-bond acceptors (Lipinski definition) is 4. The Morgan fingerprint density at radius 1 is 0.938 bits per heavy atom. The van der Waals surface area contributed by atoms with Crippen LogP contribution in [0.1, 0.15) is 5.56 Å². The van der Waals surface area contributed by atoms with E-state index in [1.54, 1.807) is 36.5 Å². The van der Waals surface area contributed by atoms with Gasteiger partial charge in [-0.05, 0) is 37.3 Å². The minimum atomic E-state index is -0.0542. The highest BCUT2D eigenvalue weighted by atomic mass is 16.5. The average Bonchev–Trinajstić information content (AvgIpc) is 3.35. The minimum Gasteiger partial charge on any atom is -0.480 e. The molecule has 0 atom stereocenters. The molecule has 0 unspecified atom stereocenters. The molecule has 7 heteroatoms. The standard InChI is InChI=1S/C25H23N5O2/c1-15-7-5-8-16(13-15)21-22(28-23(27-21)18-9-6-12-26-24(18)32-4)17-10-11-19-20(14-17)30(3)25(31)29(19)2/h5-14H,1-4H3,(H,27,28). The molecule has 0 aliphatic carbocycles. The lowest BCUT2D eigenvalue weighted by atomic mass is 10.0. The van der Waals surface area contributed by atoms with Gasteiger partial charge in [0.15, 0.2) is 0 Å². The summed E-state index contributed by atoms with van der Waals surface area (Å²) in [5, 5.41) is 0. The van der Waals surface area contributed by atoms with Gasteiger partial charge in [-0.1, -0.05) is 29.8 Å². The number of aromatic nitrogens is 5. The first kappa shape index (κ1) is 19.8. The third kappa shape index (κ3) is 3.10. The van der Waals surface area contributed by atoms with Gasteiger partial charge in [0.1, 0.15) is 5.82 Å². The Morgan fingerprint density at radius 3 is 2.53 bits per heavy atom. The Kier molecular flexibility index (Phi) is 4.66. The Morgan fingerprint density at radius 2 is 1.75 bits per heavy atom. The van der Waals surface area contributed by atoms with E-state index >= 15 is 0 Å². The number of pyridine rings is 1. The highest BCUT2D eigenvalue weighted by Crippen LogP contribution is 2.36. The van der Waals surface area contributed by atoms with Gasteiger partial charge in [0.25, 0.3) is 0 Å². The van der Waals surface area contributed by atoms with E-state index in [4.69, 9.17) is 9.72 Å². The fourth-order valence-corrected chi connectivity index (χ4v) is 4.11. The molecule has 3 heterocycles. The Hall–Kier alpha value is -4.13. The van der Waals surface area contributed by atoms with Crippen LogP contribution < -0.4 is 10.4 Å². The number of rotatable bonds is 4. The van der Waals surface area contributed by atoms with Gasteiger partial charge in [-0.25, -0.2) is 14.8 Å². The van der Waals surface area contributed by atoms with Crippen LogP contribution in [0.2, 0.25) is 0 Å². The number of nitrogens with one attached hydrogen (secondary N) is 1. The van der Waals surface area contributed by atoms with Crippen molar-refractivity contribution in [2.75, 3.05) is 7.11 Å². The largest absolute Gasteiger partial charge is 0.480 e. The summed E-state index contributed by atoms with van der Waals surface area (Å²) in [7, 11) is 5.17. The highest BCUT2D eigenvalue weighted by Gasteiger charge is 2.19. The van der Waals surface area contributed by atoms with Gasteiger partial charge in [0, 0.05) is 31.4 Å². The number of imidazole rings is 2. The molecule has 0 aliphatic heterocycles. The predicted molar refractivity (Wildman–Crippen MR) is 126 cm³/mol. The van der Waals surface area contributed by atoms with Crippen molar-refractivity contribution in [2.45, 2.75) is 6.92 Å². The van der Waals surface area contributed by atoms with Crippen molar-refractivity contribution >= 4 is 11.0 Å². The lowest BCUT2D eigenvalue weighted by Gasteiger charge is -2.05. The maximum absolute atomic E-state index is 12.4. The van der Waals surface area contributed by atoms with Crippen molar-refractivity contribution < 1.29 is 4.74 Å². The molecule has 0 radical (unpaired) electrons. The molecule has 0 aliphatic rings. The van der Waals surface area contributed by atoms with E-state index in [9.17, 15) is 4.79 Å². The molecular weight excluding hydrogens is 402 g/mol. The first-order valence-corrected chi connectivity index (χ1v) is 10.3. The van der Waals surface area contributed by atoms with E-state index in [0.717, 1.165) is 44.7 Å². The summed E-state index contributed by atoms with van der Waals surface area (Å²) < 4.78 is 8.77. The van der Waals surface area contributed by atoms with Gasteiger partial charge >= 0.3 is 5.69 Å². The molecule has 0 saturated heterocycles. The first-order chi connectivity index (χ1) is 15.5. The zero-order valence-corrected chi connectivity index (χ0v) is 18.4. The molecule has 2 aromatic carbocycles. The van der Waals surface area contributed by atoms with Crippen LogP contribution in [0.3, 0.4) is 0 Å². The smallest absolute Gasteiger partial charge is 0.328 e. The van der Waals surface area contributed by atoms with E-state index in [1.165, 1.54) is 0 Å². The molecule has 0 bridgehead atoms. The number of fused-ring (bicyclic) bond motifs is 1. The molecular formula is C25H23N5O2. The van der Waals surface area contributed by atoms with Gasteiger partial charge in [0.05, 0.1) is 35.1 Å². The number of benzene rings is 2. The average molecular weight is 425 g/mol. The fourth-order valence-electron chi connectivity index (χ4n) is 4.11. The Labute approximate surface area is 185 Å². The first-order valence-electron chi connectivity index (χ1n) is 10.3. The summed E-state index contributed by atoms with van der Waals surface area (Å²) in [5.74, 6) is 1.17. The molecule has 32 heavy (non-hydrogen) atoms. The van der Waals surface area contributed by atoms with E-state index in [2.05, 4.69) is 29.0 Å². The van der Waals surface area contributed by atoms with Crippen LogP contribution >= 0.6 is 0 Å². The second kappa shape index (κ2) is 7.53. The van der Waals surface area contributed by atoms with Crippen LogP contribution in [0.4, 0.5) is 0 Å². The quantitative estimate of drug-likeness (QED) is 0.465. The molecule has 5 rings (SSSR count). The second-order valence-electron chi connectivity index (χ2n) is 7.84. The highest BCUT2D eigenvalue weighted by molar-refractivity contribution is 5.87. The molecule has 0 spiro atoms. The maximum atomic E-state index is 12.4. The monoisotopic (exact) mass is 425 g/mol. The molecule has 1 N–H and O–H groups in total. The molecule has 0 amide bonds. The Bertz CT molecular complexity index is 1520. The van der Waals surface area contributed by atoms with E-state index in [1.807, 2.05) is 42.5 Å². The number of aromatic amines is 1. The summed E-state index contributed by atoms with van der Waals surface area (Å²) in [6.07, 6.45) is 1.69. The van der Waals surface area contributed by atoms with Crippen molar-refractivity contribution in [3.8, 4) is 39.8 Å². The van der Waals surface area contributed by atoms with Crippen LogP contribution in [-0.4, -0.2) is 31.2 Å². The third-order valence-electron chi connectivity index (χ3n) is 5.78. The molecule has 3 aromatic heterocycles. The number of hydrogen-bond donors (Lipinski definition) is 1. The molecule has 0 saturated carbocycles. The normalized spacial score (nSPS) is 11.2. The van der Waals surface area contributed by atoms with Crippen LogP contribution in [0.25, 0.3) is 44.9 Å². The third-order valence-corrected chi connectivity index (χ3v) is 5.78. The molecule has 160 valence electrons. The second-order valence-corrected chi connectivity index (χ2v) is 7.84. The number of ether oxygens (including phenoxy) is 1. The van der Waals surface area contributed by atoms with Crippen molar-refractivity contribution in [1.82, 2.24) is 24.1 Å². The number of H-pyrrole nitrogens is 1. The van der Waals surface area contributed by atoms with E-state index in [-0.39, 0.29) is 5.69 Å². The summed E-state index contributed by atoms with van der Waals surface area (Å²) >= 11 is 0. The van der Waals surface area contributed by atoms with Gasteiger partial charge in [-0.2, -0.15) is 0 Å². The van der Waals surface area contributed by atoms with Crippen LogP contribution in [0.5, 0.6) is 5.88 Å². The van der Waals surface area contributed by atoms with Crippen molar-refractivity contribution in [3.05, 3.63) is 76.8 Å². The van der Waals surface area contributed by atoms with Gasteiger partial charge in [0.2, 0.25) is 5.88 Å². The summed E-state index contributed by atoms with van der Waals surface area (Å²) in [6, 6.07) is 18.0. The number of nitrogens with zero attached hydrogens (tertiary/aromatic N) is 4. The summed E-state index contributed by atoms with van der Waals surface area (Å²) in [5.41, 5.74) is 7.27. The SMILES string of the molecule is COc1ncccc1-c1nc(-c2cccc(C)c2)c(-c2ccc3c(c2)n(C)c(=O)n3C)[nH]1. The van der Waals surface area contributed by atoms with E-state index < -0.39 is 0 Å². The van der Waals surface area contributed by atoms with Gasteiger partial charge in [-0.15, -0.1) is 0 Å². The zero-order valence-electron chi connectivity index (χ0n) is 18.4. The molecule has 0 fully saturated rings. The number of aryl methyl sites for hydroxylation is 3. The topological polar surface area (TPSA) is 77.7 Å². The molecule has 5 aromatic rings. The summed E-state index contributed by atoms with van der Waals surface area (Å²) in [4.78, 5) is 25.2. The Balaban J connectivity index is 1.77. The van der Waals surface area contributed by atoms with Crippen LogP contribution in [0.15, 0.2) is 65.6 Å². The zero-order chi connectivity index (χ0) is 22.4. The lowest BCUT2D eigenvalue weighted by molar-refractivity contribution is 0.399.